The molecule has 27 heavy (non-hydrogen) atoms. The zero-order valence-corrected chi connectivity index (χ0v) is 15.3. The first kappa shape index (κ1) is 16.1. The van der Waals surface area contributed by atoms with Gasteiger partial charge in [-0.15, -0.1) is 0 Å². The van der Waals surface area contributed by atoms with Crippen LogP contribution < -0.4 is 16.0 Å². The maximum absolute atomic E-state index is 13.3. The summed E-state index contributed by atoms with van der Waals surface area (Å²) in [5.74, 6) is -0.191. The summed E-state index contributed by atoms with van der Waals surface area (Å²) in [7, 11) is 0. The van der Waals surface area contributed by atoms with Gasteiger partial charge in [-0.25, -0.2) is 0 Å². The van der Waals surface area contributed by atoms with Gasteiger partial charge in [0.25, 0.3) is 5.91 Å². The highest BCUT2D eigenvalue weighted by Crippen LogP contribution is 2.51. The molecule has 2 aromatic rings. The zero-order valence-electron chi connectivity index (χ0n) is 15.3. The molecule has 1 amide bonds. The number of ketones is 1. The Morgan fingerprint density at radius 3 is 2.26 bits per heavy atom. The van der Waals surface area contributed by atoms with Crippen molar-refractivity contribution in [2.75, 3.05) is 16.0 Å². The fourth-order valence-electron chi connectivity index (χ4n) is 4.62. The van der Waals surface area contributed by atoms with Crippen molar-refractivity contribution in [1.82, 2.24) is 0 Å². The second-order valence-electron chi connectivity index (χ2n) is 8.34. The molecule has 5 rings (SSSR count). The lowest BCUT2D eigenvalue weighted by Gasteiger charge is -2.37. The van der Waals surface area contributed by atoms with Crippen LogP contribution in [0.1, 0.15) is 32.3 Å². The van der Waals surface area contributed by atoms with Crippen LogP contribution in [-0.2, 0) is 15.1 Å². The normalized spacial score (nSPS) is 25.0. The molecule has 136 valence electrons. The maximum atomic E-state index is 13.3. The molecule has 0 fully saturated rings. The van der Waals surface area contributed by atoms with Crippen LogP contribution in [0.15, 0.2) is 59.8 Å². The predicted octanol–water partition coefficient (Wildman–Crippen LogP) is 4.01. The Kier molecular flexibility index (Phi) is 3.12. The predicted molar refractivity (Wildman–Crippen MR) is 105 cm³/mol. The van der Waals surface area contributed by atoms with Gasteiger partial charge < -0.3 is 16.0 Å². The SMILES string of the molecule is CC1(C)CC(=O)C2=C(C1)Nc1ccccc1N[C@]21C(=O)Nc2ccccc21. The van der Waals surface area contributed by atoms with E-state index in [-0.39, 0.29) is 17.1 Å². The molecule has 2 aromatic carbocycles. The van der Waals surface area contributed by atoms with Gasteiger partial charge in [0.05, 0.1) is 16.9 Å². The van der Waals surface area contributed by atoms with Gasteiger partial charge in [-0.1, -0.05) is 44.2 Å². The first-order valence-corrected chi connectivity index (χ1v) is 9.23. The molecular weight excluding hydrogens is 338 g/mol. The Bertz CT molecular complexity index is 1040. The summed E-state index contributed by atoms with van der Waals surface area (Å²) in [5, 5.41) is 9.89. The highest BCUT2D eigenvalue weighted by molar-refractivity contribution is 6.18. The summed E-state index contributed by atoms with van der Waals surface area (Å²) in [6.07, 6.45) is 1.13. The number of nitrogens with one attached hydrogen (secondary N) is 3. The Hall–Kier alpha value is -3.08. The van der Waals surface area contributed by atoms with Gasteiger partial charge in [0.15, 0.2) is 11.3 Å². The number of allylic oxidation sites excluding steroid dienone is 1. The van der Waals surface area contributed by atoms with Crippen LogP contribution in [0, 0.1) is 5.41 Å². The minimum absolute atomic E-state index is 0.0147. The van der Waals surface area contributed by atoms with Gasteiger partial charge in [0, 0.05) is 23.4 Å². The van der Waals surface area contributed by atoms with Crippen molar-refractivity contribution in [3.8, 4) is 0 Å². The largest absolute Gasteiger partial charge is 0.362 e. The quantitative estimate of drug-likeness (QED) is 0.665. The number of benzene rings is 2. The summed E-state index contributed by atoms with van der Waals surface area (Å²) >= 11 is 0. The van der Waals surface area contributed by atoms with E-state index in [2.05, 4.69) is 29.8 Å². The number of hydrogen-bond donors (Lipinski definition) is 3. The number of para-hydroxylation sites is 3. The smallest absolute Gasteiger partial charge is 0.259 e. The fraction of sp³-hybridized carbons (Fsp3) is 0.273. The Morgan fingerprint density at radius 1 is 0.815 bits per heavy atom. The number of carbonyl (C=O) groups is 2. The lowest BCUT2D eigenvalue weighted by atomic mass is 9.69. The molecule has 0 saturated carbocycles. The lowest BCUT2D eigenvalue weighted by molar-refractivity contribution is -0.123. The highest BCUT2D eigenvalue weighted by atomic mass is 16.2. The van der Waals surface area contributed by atoms with E-state index >= 15 is 0 Å². The second kappa shape index (κ2) is 5.22. The van der Waals surface area contributed by atoms with E-state index in [4.69, 9.17) is 0 Å². The number of rotatable bonds is 0. The standard InChI is InChI=1S/C22H21N3O2/c1-21(2)11-17-19(18(26)12-21)22(25-16-10-6-5-9-15(16)23-17)13-7-3-4-8-14(13)24-20(22)27/h3-10,23,25H,11-12H2,1-2H3,(H,24,27)/t22-/m0/s1. The topological polar surface area (TPSA) is 70.2 Å². The molecule has 3 N–H and O–H groups in total. The van der Waals surface area contributed by atoms with Gasteiger partial charge in [-0.05, 0) is 30.0 Å². The van der Waals surface area contributed by atoms with Gasteiger partial charge in [0.1, 0.15) is 0 Å². The summed E-state index contributed by atoms with van der Waals surface area (Å²) < 4.78 is 0. The number of amides is 1. The van der Waals surface area contributed by atoms with Crippen molar-refractivity contribution in [3.05, 3.63) is 65.4 Å². The Balaban J connectivity index is 1.84. The number of Topliss-reactive ketones (excluding diaryl/α,β-unsaturated/α-hetero) is 1. The highest BCUT2D eigenvalue weighted by Gasteiger charge is 2.56. The number of anilines is 3. The molecule has 0 bridgehead atoms. The van der Waals surface area contributed by atoms with Crippen molar-refractivity contribution < 1.29 is 9.59 Å². The maximum Gasteiger partial charge on any atom is 0.259 e. The minimum atomic E-state index is -1.21. The second-order valence-corrected chi connectivity index (χ2v) is 8.34. The molecule has 1 aliphatic carbocycles. The molecule has 2 heterocycles. The third kappa shape index (κ3) is 2.17. The fourth-order valence-corrected chi connectivity index (χ4v) is 4.62. The van der Waals surface area contributed by atoms with Crippen LogP contribution in [0.5, 0.6) is 0 Å². The first-order valence-electron chi connectivity index (χ1n) is 9.23. The van der Waals surface area contributed by atoms with Crippen molar-refractivity contribution in [2.45, 2.75) is 32.2 Å². The average molecular weight is 359 g/mol. The summed E-state index contributed by atoms with van der Waals surface area (Å²) in [6.45, 7) is 4.19. The van der Waals surface area contributed by atoms with Crippen LogP contribution >= 0.6 is 0 Å². The molecular formula is C22H21N3O2. The third-order valence-corrected chi connectivity index (χ3v) is 5.70. The summed E-state index contributed by atoms with van der Waals surface area (Å²) in [4.78, 5) is 26.7. The minimum Gasteiger partial charge on any atom is -0.362 e. The van der Waals surface area contributed by atoms with E-state index in [9.17, 15) is 9.59 Å². The molecule has 0 aromatic heterocycles. The molecule has 1 spiro atoms. The van der Waals surface area contributed by atoms with Crippen LogP contribution in [0.2, 0.25) is 0 Å². The van der Waals surface area contributed by atoms with Crippen LogP contribution in [0.4, 0.5) is 17.1 Å². The average Bonchev–Trinajstić information content (AvgIpc) is 2.78. The molecule has 2 aliphatic heterocycles. The van der Waals surface area contributed by atoms with Crippen LogP contribution in [-0.4, -0.2) is 11.7 Å². The summed E-state index contributed by atoms with van der Waals surface area (Å²) in [5.41, 5.74) is 3.25. The van der Waals surface area contributed by atoms with Gasteiger partial charge in [0.2, 0.25) is 0 Å². The summed E-state index contributed by atoms with van der Waals surface area (Å²) in [6, 6.07) is 15.4. The van der Waals surface area contributed by atoms with Crippen LogP contribution in [0.25, 0.3) is 0 Å². The number of carbonyl (C=O) groups excluding carboxylic acids is 2. The first-order chi connectivity index (χ1) is 12.9. The van der Waals surface area contributed by atoms with E-state index in [1.165, 1.54) is 0 Å². The lowest BCUT2D eigenvalue weighted by Crippen LogP contribution is -2.48. The van der Waals surface area contributed by atoms with E-state index < -0.39 is 5.54 Å². The molecule has 0 unspecified atom stereocenters. The molecule has 3 aliphatic rings. The third-order valence-electron chi connectivity index (χ3n) is 5.70. The number of hydrogen-bond acceptors (Lipinski definition) is 4. The van der Waals surface area contributed by atoms with E-state index in [0.717, 1.165) is 28.3 Å². The molecule has 5 nitrogen and oxygen atoms in total. The Morgan fingerprint density at radius 2 is 1.48 bits per heavy atom. The van der Waals surface area contributed by atoms with E-state index in [0.29, 0.717) is 18.4 Å². The molecule has 1 atom stereocenters. The van der Waals surface area contributed by atoms with Gasteiger partial charge >= 0.3 is 0 Å². The van der Waals surface area contributed by atoms with E-state index in [1.807, 2.05) is 48.5 Å². The molecule has 0 saturated heterocycles. The Labute approximate surface area is 157 Å². The number of fused-ring (bicyclic) bond motifs is 4. The van der Waals surface area contributed by atoms with E-state index in [1.54, 1.807) is 0 Å². The van der Waals surface area contributed by atoms with Crippen LogP contribution in [0.3, 0.4) is 0 Å². The van der Waals surface area contributed by atoms with Crippen molar-refractivity contribution >= 4 is 28.8 Å². The monoisotopic (exact) mass is 359 g/mol. The molecule has 5 heteroatoms. The molecule has 0 radical (unpaired) electrons. The van der Waals surface area contributed by atoms with Gasteiger partial charge in [-0.3, -0.25) is 9.59 Å². The van der Waals surface area contributed by atoms with Crippen molar-refractivity contribution in [2.24, 2.45) is 5.41 Å². The van der Waals surface area contributed by atoms with Crippen molar-refractivity contribution in [1.29, 1.82) is 0 Å². The van der Waals surface area contributed by atoms with Gasteiger partial charge in [-0.2, -0.15) is 0 Å². The zero-order chi connectivity index (χ0) is 18.8. The van der Waals surface area contributed by atoms with Crippen molar-refractivity contribution in [3.63, 3.8) is 0 Å².